The molecule has 2 aromatic carbocycles. The van der Waals surface area contributed by atoms with Gasteiger partial charge in [0.15, 0.2) is 22.1 Å². The predicted octanol–water partition coefficient (Wildman–Crippen LogP) is 3.53. The lowest BCUT2D eigenvalue weighted by atomic mass is 10.3. The van der Waals surface area contributed by atoms with Crippen LogP contribution in [0.4, 0.5) is 4.79 Å². The van der Waals surface area contributed by atoms with Crippen molar-refractivity contribution in [3.63, 3.8) is 0 Å². The smallest absolute Gasteiger partial charge is 0.503 e. The molecule has 0 unspecified atom stereocenters. The topological polar surface area (TPSA) is 119 Å². The van der Waals surface area contributed by atoms with Gasteiger partial charge in [0, 0.05) is 0 Å². The van der Waals surface area contributed by atoms with Crippen LogP contribution in [0.2, 0.25) is 10.0 Å². The maximum Gasteiger partial charge on any atom is 0.519 e. The van der Waals surface area contributed by atoms with Crippen molar-refractivity contribution in [2.75, 3.05) is 7.11 Å². The van der Waals surface area contributed by atoms with Gasteiger partial charge in [0.1, 0.15) is 15.8 Å². The lowest BCUT2D eigenvalue weighted by Gasteiger charge is -2.15. The molecule has 8 nitrogen and oxygen atoms in total. The zero-order valence-corrected chi connectivity index (χ0v) is 14.7. The Bertz CT molecular complexity index is 912. The molecule has 0 saturated carbocycles. The minimum Gasteiger partial charge on any atom is -0.503 e. The number of rotatable bonds is 4. The van der Waals surface area contributed by atoms with Crippen molar-refractivity contribution < 1.29 is 37.1 Å². The van der Waals surface area contributed by atoms with E-state index in [1.807, 2.05) is 0 Å². The molecule has 0 bridgehead atoms. The van der Waals surface area contributed by atoms with E-state index in [4.69, 9.17) is 37.4 Å². The summed E-state index contributed by atoms with van der Waals surface area (Å²) < 4.78 is 46.6. The molecule has 2 N–H and O–H groups in total. The Hall–Kier alpha value is -2.20. The molecule has 11 heteroatoms. The summed E-state index contributed by atoms with van der Waals surface area (Å²) in [5, 5.41) is 8.54. The Labute approximate surface area is 152 Å². The first-order chi connectivity index (χ1) is 11.7. The number of phenolic OH excluding ortho intramolecular Hbond substituents is 1. The second kappa shape index (κ2) is 7.36. The van der Waals surface area contributed by atoms with Crippen LogP contribution in [0, 0.1) is 0 Å². The van der Waals surface area contributed by atoms with Crippen LogP contribution in [0.5, 0.6) is 23.0 Å². The highest BCUT2D eigenvalue weighted by Gasteiger charge is 2.32. The largest absolute Gasteiger partial charge is 0.519 e. The van der Waals surface area contributed by atoms with Gasteiger partial charge in [-0.3, -0.25) is 4.55 Å². The number of methoxy groups -OCH3 is 1. The van der Waals surface area contributed by atoms with Gasteiger partial charge >= 0.3 is 6.16 Å². The normalized spacial score (nSPS) is 11.0. The van der Waals surface area contributed by atoms with Gasteiger partial charge in [0.05, 0.1) is 7.11 Å². The van der Waals surface area contributed by atoms with Gasteiger partial charge in [-0.1, -0.05) is 41.4 Å². The lowest BCUT2D eigenvalue weighted by Crippen LogP contribution is -2.15. The summed E-state index contributed by atoms with van der Waals surface area (Å²) in [4.78, 5) is 10.8. The second-order valence-corrected chi connectivity index (χ2v) is 6.52. The summed E-state index contributed by atoms with van der Waals surface area (Å²) in [5.74, 6) is -2.19. The Morgan fingerprint density at radius 1 is 1.04 bits per heavy atom. The molecule has 0 amide bonds. The van der Waals surface area contributed by atoms with Gasteiger partial charge in [0.2, 0.25) is 0 Å². The Balaban J connectivity index is 2.48. The van der Waals surface area contributed by atoms with Gasteiger partial charge in [-0.15, -0.1) is 0 Å². The van der Waals surface area contributed by atoms with Crippen molar-refractivity contribution in [2.45, 2.75) is 4.90 Å². The van der Waals surface area contributed by atoms with E-state index in [1.54, 1.807) is 18.2 Å². The second-order valence-electron chi connectivity index (χ2n) is 4.41. The Kier molecular flexibility index (Phi) is 5.63. The van der Waals surface area contributed by atoms with E-state index in [2.05, 4.69) is 0 Å². The summed E-state index contributed by atoms with van der Waals surface area (Å²) in [6.45, 7) is 0. The molecule has 25 heavy (non-hydrogen) atoms. The fourth-order valence-corrected chi connectivity index (χ4v) is 3.37. The van der Waals surface area contributed by atoms with Gasteiger partial charge in [-0.25, -0.2) is 4.79 Å². The van der Waals surface area contributed by atoms with E-state index in [-0.39, 0.29) is 5.75 Å². The zero-order valence-electron chi connectivity index (χ0n) is 12.4. The molecule has 0 radical (unpaired) electrons. The number of para-hydroxylation sites is 1. The molecule has 2 rings (SSSR count). The molecule has 134 valence electrons. The van der Waals surface area contributed by atoms with Crippen LogP contribution in [0.3, 0.4) is 0 Å². The Morgan fingerprint density at radius 2 is 1.64 bits per heavy atom. The van der Waals surface area contributed by atoms with E-state index in [1.165, 1.54) is 12.1 Å². The summed E-state index contributed by atoms with van der Waals surface area (Å²) in [6, 6.07) is 7.77. The third kappa shape index (κ3) is 4.07. The van der Waals surface area contributed by atoms with E-state index in [9.17, 15) is 22.9 Å². The van der Waals surface area contributed by atoms with Crippen LogP contribution in [-0.2, 0) is 10.1 Å². The fourth-order valence-electron chi connectivity index (χ4n) is 1.81. The van der Waals surface area contributed by atoms with Crippen LogP contribution in [0.1, 0.15) is 0 Å². The minimum atomic E-state index is -4.92. The van der Waals surface area contributed by atoms with Crippen molar-refractivity contribution in [3.05, 3.63) is 40.4 Å². The van der Waals surface area contributed by atoms with Crippen LogP contribution >= 0.6 is 23.2 Å². The average molecular weight is 409 g/mol. The van der Waals surface area contributed by atoms with E-state index in [0.29, 0.717) is 0 Å². The molecule has 0 aliphatic carbocycles. The number of phenols is 1. The van der Waals surface area contributed by atoms with Gasteiger partial charge < -0.3 is 19.3 Å². The SMILES string of the molecule is COc1c(Cl)c(O)c(OC(=O)Oc2ccccc2)c(Cl)c1S(=O)(=O)O. The minimum absolute atomic E-state index is 0.123. The number of ether oxygens (including phenoxy) is 3. The third-order valence-corrected chi connectivity index (χ3v) is 4.55. The number of benzene rings is 2. The molecule has 0 atom stereocenters. The molecule has 0 saturated heterocycles. The standard InChI is InChI=1S/C14H10Cl2O8S/c1-22-12-8(15)10(17)11(9(16)13(12)25(19,20)21)24-14(18)23-7-5-3-2-4-6-7/h2-6,17H,1H3,(H,19,20,21). The highest BCUT2D eigenvalue weighted by molar-refractivity contribution is 7.86. The molecule has 2 aromatic rings. The molecule has 0 aromatic heterocycles. The zero-order chi connectivity index (χ0) is 18.8. The number of carbonyl (C=O) groups is 1. The maximum absolute atomic E-state index is 11.8. The average Bonchev–Trinajstić information content (AvgIpc) is 2.54. The highest BCUT2D eigenvalue weighted by Crippen LogP contribution is 2.50. The van der Waals surface area contributed by atoms with Crippen LogP contribution < -0.4 is 14.2 Å². The summed E-state index contributed by atoms with van der Waals surface area (Å²) in [5.41, 5.74) is 0. The number of aromatic hydroxyl groups is 1. The summed E-state index contributed by atoms with van der Waals surface area (Å²) in [7, 11) is -3.88. The molecule has 0 fully saturated rings. The van der Waals surface area contributed by atoms with E-state index in [0.717, 1.165) is 7.11 Å². The monoisotopic (exact) mass is 408 g/mol. The van der Waals surface area contributed by atoms with E-state index >= 15 is 0 Å². The van der Waals surface area contributed by atoms with Crippen LogP contribution in [0.25, 0.3) is 0 Å². The quantitative estimate of drug-likeness (QED) is 0.447. The summed E-state index contributed by atoms with van der Waals surface area (Å²) in [6.07, 6.45) is -1.33. The lowest BCUT2D eigenvalue weighted by molar-refractivity contribution is 0.150. The van der Waals surface area contributed by atoms with Gasteiger partial charge in [0.25, 0.3) is 10.1 Å². The first-order valence-corrected chi connectivity index (χ1v) is 8.56. The van der Waals surface area contributed by atoms with Crippen molar-refractivity contribution in [3.8, 4) is 23.0 Å². The van der Waals surface area contributed by atoms with Crippen molar-refractivity contribution >= 4 is 39.5 Å². The number of hydrogen-bond donors (Lipinski definition) is 2. The molecular formula is C14H10Cl2O8S. The van der Waals surface area contributed by atoms with Crippen molar-refractivity contribution in [2.24, 2.45) is 0 Å². The van der Waals surface area contributed by atoms with Crippen LogP contribution in [0.15, 0.2) is 35.2 Å². The van der Waals surface area contributed by atoms with Crippen molar-refractivity contribution in [1.29, 1.82) is 0 Å². The van der Waals surface area contributed by atoms with Crippen LogP contribution in [-0.4, -0.2) is 31.3 Å². The molecule has 0 spiro atoms. The third-order valence-electron chi connectivity index (χ3n) is 2.82. The number of hydrogen-bond acceptors (Lipinski definition) is 7. The van der Waals surface area contributed by atoms with Gasteiger partial charge in [-0.2, -0.15) is 8.42 Å². The molecule has 0 aliphatic heterocycles. The first-order valence-electron chi connectivity index (χ1n) is 6.37. The molecule has 0 aliphatic rings. The van der Waals surface area contributed by atoms with Gasteiger partial charge in [-0.05, 0) is 12.1 Å². The number of halogens is 2. The first kappa shape index (κ1) is 19.1. The summed E-state index contributed by atoms with van der Waals surface area (Å²) >= 11 is 11.6. The van der Waals surface area contributed by atoms with E-state index < -0.39 is 48.5 Å². The molecular weight excluding hydrogens is 399 g/mol. The number of carbonyl (C=O) groups excluding carboxylic acids is 1. The Morgan fingerprint density at radius 3 is 2.16 bits per heavy atom. The maximum atomic E-state index is 11.8. The van der Waals surface area contributed by atoms with Crippen molar-refractivity contribution in [1.82, 2.24) is 0 Å². The molecule has 0 heterocycles. The predicted molar refractivity (Wildman–Crippen MR) is 87.6 cm³/mol. The highest BCUT2D eigenvalue weighted by atomic mass is 35.5. The fraction of sp³-hybridized carbons (Fsp3) is 0.0714.